The topological polar surface area (TPSA) is 46.3 Å². The third-order valence-corrected chi connectivity index (χ3v) is 3.14. The normalized spacial score (nSPS) is 12.0. The summed E-state index contributed by atoms with van der Waals surface area (Å²) in [6.07, 6.45) is 0.379. The minimum atomic E-state index is -0.637. The summed E-state index contributed by atoms with van der Waals surface area (Å²) in [6, 6.07) is 3.91. The van der Waals surface area contributed by atoms with Crippen molar-refractivity contribution in [3.63, 3.8) is 0 Å². The summed E-state index contributed by atoms with van der Waals surface area (Å²) in [5.41, 5.74) is 5.29. The lowest BCUT2D eigenvalue weighted by molar-refractivity contribution is 0.0743. The maximum atomic E-state index is 13.6. The number of hydrogen-bond donors (Lipinski definition) is 1. The molecule has 0 radical (unpaired) electrons. The highest BCUT2D eigenvalue weighted by atomic mass is 35.5. The van der Waals surface area contributed by atoms with E-state index in [2.05, 4.69) is 0 Å². The van der Waals surface area contributed by atoms with Gasteiger partial charge in [-0.3, -0.25) is 4.79 Å². The first-order chi connectivity index (χ1) is 8.34. The van der Waals surface area contributed by atoms with E-state index in [1.165, 1.54) is 23.1 Å². The van der Waals surface area contributed by atoms with Crippen molar-refractivity contribution in [2.75, 3.05) is 7.05 Å². The van der Waals surface area contributed by atoms with Crippen LogP contribution in [0.4, 0.5) is 4.39 Å². The third kappa shape index (κ3) is 3.40. The molecular weight excluding hydrogens is 275 g/mol. The molecule has 0 fully saturated rings. The largest absolute Gasteiger partial charge is 0.393 e. The predicted octanol–water partition coefficient (Wildman–Crippen LogP) is 2.62. The lowest BCUT2D eigenvalue weighted by Crippen LogP contribution is -2.37. The van der Waals surface area contributed by atoms with E-state index in [0.29, 0.717) is 11.4 Å². The molecule has 0 aromatic heterocycles. The highest BCUT2D eigenvalue weighted by molar-refractivity contribution is 7.80. The van der Waals surface area contributed by atoms with Crippen molar-refractivity contribution in [1.82, 2.24) is 4.90 Å². The number of halogens is 2. The highest BCUT2D eigenvalue weighted by Crippen LogP contribution is 2.21. The lowest BCUT2D eigenvalue weighted by atomic mass is 10.1. The third-order valence-electron chi connectivity index (χ3n) is 2.65. The first-order valence-corrected chi connectivity index (χ1v) is 6.12. The van der Waals surface area contributed by atoms with Gasteiger partial charge in [0.1, 0.15) is 5.82 Å². The summed E-state index contributed by atoms with van der Waals surface area (Å²) in [4.78, 5) is 13.8. The Labute approximate surface area is 116 Å². The number of hydrogen-bond acceptors (Lipinski definition) is 2. The number of carbonyl (C=O) groups is 1. The van der Waals surface area contributed by atoms with E-state index in [4.69, 9.17) is 29.6 Å². The fraction of sp³-hybridized carbons (Fsp3) is 0.333. The van der Waals surface area contributed by atoms with E-state index < -0.39 is 11.7 Å². The van der Waals surface area contributed by atoms with E-state index >= 15 is 0 Å². The smallest absolute Gasteiger partial charge is 0.258 e. The first-order valence-electron chi connectivity index (χ1n) is 5.34. The van der Waals surface area contributed by atoms with Gasteiger partial charge in [0.15, 0.2) is 0 Å². The molecule has 0 spiro atoms. The summed E-state index contributed by atoms with van der Waals surface area (Å²) in [6.45, 7) is 1.78. The van der Waals surface area contributed by atoms with Crippen LogP contribution in [-0.2, 0) is 0 Å². The van der Waals surface area contributed by atoms with Crippen LogP contribution in [0.2, 0.25) is 5.02 Å². The molecule has 0 aliphatic heterocycles. The van der Waals surface area contributed by atoms with Crippen molar-refractivity contribution in [1.29, 1.82) is 0 Å². The van der Waals surface area contributed by atoms with Gasteiger partial charge < -0.3 is 10.6 Å². The van der Waals surface area contributed by atoms with E-state index in [0.717, 1.165) is 0 Å². The molecule has 0 bridgehead atoms. The lowest BCUT2D eigenvalue weighted by Gasteiger charge is -2.25. The number of thiocarbonyl (C=S) groups is 1. The minimum absolute atomic E-state index is 0.0920. The summed E-state index contributed by atoms with van der Waals surface area (Å²) < 4.78 is 13.6. The zero-order valence-corrected chi connectivity index (χ0v) is 11.7. The fourth-order valence-corrected chi connectivity index (χ4v) is 1.99. The van der Waals surface area contributed by atoms with Gasteiger partial charge in [-0.05, 0) is 19.1 Å². The Balaban J connectivity index is 2.96. The second-order valence-electron chi connectivity index (χ2n) is 4.03. The van der Waals surface area contributed by atoms with Gasteiger partial charge in [0.2, 0.25) is 0 Å². The van der Waals surface area contributed by atoms with Crippen molar-refractivity contribution in [3.8, 4) is 0 Å². The molecule has 98 valence electrons. The van der Waals surface area contributed by atoms with E-state index in [1.807, 2.05) is 0 Å². The van der Waals surface area contributed by atoms with Gasteiger partial charge in [-0.25, -0.2) is 4.39 Å². The molecule has 1 unspecified atom stereocenters. The van der Waals surface area contributed by atoms with Crippen molar-refractivity contribution >= 4 is 34.7 Å². The van der Waals surface area contributed by atoms with Gasteiger partial charge in [0, 0.05) is 19.5 Å². The molecule has 0 saturated carbocycles. The van der Waals surface area contributed by atoms with E-state index in [-0.39, 0.29) is 16.6 Å². The molecule has 6 heteroatoms. The number of nitrogens with two attached hydrogens (primary N) is 1. The quantitative estimate of drug-likeness (QED) is 0.867. The van der Waals surface area contributed by atoms with Gasteiger partial charge >= 0.3 is 0 Å². The molecule has 1 amide bonds. The van der Waals surface area contributed by atoms with Crippen LogP contribution >= 0.6 is 23.8 Å². The van der Waals surface area contributed by atoms with E-state index in [1.54, 1.807) is 14.0 Å². The Hall–Kier alpha value is -1.20. The van der Waals surface area contributed by atoms with Gasteiger partial charge in [0.05, 0.1) is 15.6 Å². The van der Waals surface area contributed by atoms with Crippen LogP contribution in [0.1, 0.15) is 23.7 Å². The Kier molecular flexibility index (Phi) is 5.04. The second kappa shape index (κ2) is 6.11. The molecule has 1 aromatic rings. The van der Waals surface area contributed by atoms with Crippen molar-refractivity contribution < 1.29 is 9.18 Å². The first kappa shape index (κ1) is 14.9. The van der Waals surface area contributed by atoms with Crippen LogP contribution in [0, 0.1) is 5.82 Å². The fourth-order valence-electron chi connectivity index (χ4n) is 1.51. The summed E-state index contributed by atoms with van der Waals surface area (Å²) in [5.74, 6) is -1.12. The molecule has 3 nitrogen and oxygen atoms in total. The van der Waals surface area contributed by atoms with Gasteiger partial charge in [0.25, 0.3) is 5.91 Å². The standard InChI is InChI=1S/C12H14ClFN2OS/c1-7(6-10(15)18)16(2)12(17)11-8(13)4-3-5-9(11)14/h3-5,7H,6H2,1-2H3,(H2,15,18). The Morgan fingerprint density at radius 1 is 1.61 bits per heavy atom. The van der Waals surface area contributed by atoms with Crippen LogP contribution in [0.3, 0.4) is 0 Å². The van der Waals surface area contributed by atoms with Gasteiger partial charge in [-0.15, -0.1) is 0 Å². The minimum Gasteiger partial charge on any atom is -0.393 e. The number of amides is 1. The highest BCUT2D eigenvalue weighted by Gasteiger charge is 2.23. The van der Waals surface area contributed by atoms with Crippen LogP contribution < -0.4 is 5.73 Å². The number of carbonyl (C=O) groups excluding carboxylic acids is 1. The summed E-state index contributed by atoms with van der Waals surface area (Å²) in [7, 11) is 1.56. The summed E-state index contributed by atoms with van der Waals surface area (Å²) >= 11 is 10.6. The molecule has 1 aromatic carbocycles. The zero-order valence-electron chi connectivity index (χ0n) is 10.1. The molecule has 0 heterocycles. The van der Waals surface area contributed by atoms with Gasteiger partial charge in [-0.1, -0.05) is 29.9 Å². The van der Waals surface area contributed by atoms with Crippen molar-refractivity contribution in [2.24, 2.45) is 5.73 Å². The summed E-state index contributed by atoms with van der Waals surface area (Å²) in [5, 5.41) is 0.0920. The molecular formula is C12H14ClFN2OS. The molecule has 1 rings (SSSR count). The van der Waals surface area contributed by atoms with E-state index in [9.17, 15) is 9.18 Å². The molecule has 18 heavy (non-hydrogen) atoms. The number of rotatable bonds is 4. The SMILES string of the molecule is CC(CC(N)=S)N(C)C(=O)c1c(F)cccc1Cl. The average Bonchev–Trinajstić information content (AvgIpc) is 2.26. The Morgan fingerprint density at radius 3 is 2.72 bits per heavy atom. The molecule has 1 atom stereocenters. The van der Waals surface area contributed by atoms with Crippen LogP contribution in [0.15, 0.2) is 18.2 Å². The monoisotopic (exact) mass is 288 g/mol. The van der Waals surface area contributed by atoms with Crippen LogP contribution in [0.5, 0.6) is 0 Å². The second-order valence-corrected chi connectivity index (χ2v) is 4.96. The molecule has 0 saturated heterocycles. The molecule has 0 aliphatic rings. The number of benzene rings is 1. The average molecular weight is 289 g/mol. The molecule has 2 N–H and O–H groups in total. The maximum absolute atomic E-state index is 13.6. The van der Waals surface area contributed by atoms with Crippen LogP contribution in [-0.4, -0.2) is 28.9 Å². The van der Waals surface area contributed by atoms with Crippen LogP contribution in [0.25, 0.3) is 0 Å². The van der Waals surface area contributed by atoms with Crippen molar-refractivity contribution in [2.45, 2.75) is 19.4 Å². The zero-order chi connectivity index (χ0) is 13.9. The Bertz CT molecular complexity index is 461. The maximum Gasteiger partial charge on any atom is 0.258 e. The van der Waals surface area contributed by atoms with Gasteiger partial charge in [-0.2, -0.15) is 0 Å². The Morgan fingerprint density at radius 2 is 2.22 bits per heavy atom. The molecule has 0 aliphatic carbocycles. The van der Waals surface area contributed by atoms with Crippen molar-refractivity contribution in [3.05, 3.63) is 34.6 Å². The number of nitrogens with zero attached hydrogens (tertiary/aromatic N) is 1. The predicted molar refractivity (Wildman–Crippen MR) is 74.4 cm³/mol.